The van der Waals surface area contributed by atoms with Crippen LogP contribution in [0.1, 0.15) is 24.2 Å². The van der Waals surface area contributed by atoms with Gasteiger partial charge in [0, 0.05) is 19.7 Å². The Kier molecular flexibility index (Phi) is 5.67. The highest BCUT2D eigenvalue weighted by Crippen LogP contribution is 2.19. The van der Waals surface area contributed by atoms with Crippen molar-refractivity contribution in [1.82, 2.24) is 4.31 Å². The van der Waals surface area contributed by atoms with E-state index in [2.05, 4.69) is 0 Å². The number of sulfonamides is 1. The number of likely N-dealkylation sites (N-methyl/N-ethyl adjacent to an activating group) is 1. The standard InChI is InChI=1S/C13H19NO5S/c1-4-14(10(2)9-19-3)20(17,18)12-7-5-11(6-8-12)13(15)16/h5-8,10H,4,9H2,1-3H3,(H,15,16)/t10-/m1/s1. The maximum absolute atomic E-state index is 12.5. The Morgan fingerprint density at radius 2 is 1.90 bits per heavy atom. The number of ether oxygens (including phenoxy) is 1. The molecule has 20 heavy (non-hydrogen) atoms. The first-order valence-corrected chi connectivity index (χ1v) is 7.62. The second-order valence-corrected chi connectivity index (χ2v) is 6.23. The summed E-state index contributed by atoms with van der Waals surface area (Å²) in [6, 6.07) is 4.88. The summed E-state index contributed by atoms with van der Waals surface area (Å²) in [6.07, 6.45) is 0. The third-order valence-electron chi connectivity index (χ3n) is 2.92. The smallest absolute Gasteiger partial charge is 0.335 e. The third kappa shape index (κ3) is 3.56. The minimum absolute atomic E-state index is 0.0527. The highest BCUT2D eigenvalue weighted by molar-refractivity contribution is 7.89. The number of carboxylic acid groups (broad SMARTS) is 1. The first-order chi connectivity index (χ1) is 9.34. The van der Waals surface area contributed by atoms with Crippen molar-refractivity contribution in [3.05, 3.63) is 29.8 Å². The van der Waals surface area contributed by atoms with Crippen molar-refractivity contribution in [2.45, 2.75) is 24.8 Å². The molecule has 1 aromatic rings. The van der Waals surface area contributed by atoms with Gasteiger partial charge < -0.3 is 9.84 Å². The molecule has 0 amide bonds. The summed E-state index contributed by atoms with van der Waals surface area (Å²) in [5.74, 6) is -1.09. The topological polar surface area (TPSA) is 83.9 Å². The molecular formula is C13H19NO5S. The molecule has 0 aromatic heterocycles. The van der Waals surface area contributed by atoms with Crippen molar-refractivity contribution in [3.63, 3.8) is 0 Å². The normalized spacial score (nSPS) is 13.4. The summed E-state index contributed by atoms with van der Waals surface area (Å²) in [5, 5.41) is 8.82. The summed E-state index contributed by atoms with van der Waals surface area (Å²) in [7, 11) is -2.14. The van der Waals surface area contributed by atoms with Crippen LogP contribution in [0.3, 0.4) is 0 Å². The summed E-state index contributed by atoms with van der Waals surface area (Å²) in [5.41, 5.74) is 0.0527. The van der Waals surface area contributed by atoms with E-state index in [1.165, 1.54) is 35.7 Å². The second kappa shape index (κ2) is 6.83. The first kappa shape index (κ1) is 16.6. The second-order valence-electron chi connectivity index (χ2n) is 4.34. The lowest BCUT2D eigenvalue weighted by Crippen LogP contribution is -2.40. The van der Waals surface area contributed by atoms with Gasteiger partial charge in [-0.1, -0.05) is 6.92 Å². The van der Waals surface area contributed by atoms with Gasteiger partial charge >= 0.3 is 5.97 Å². The van der Waals surface area contributed by atoms with Crippen molar-refractivity contribution in [2.24, 2.45) is 0 Å². The molecule has 0 radical (unpaired) electrons. The summed E-state index contributed by atoms with van der Waals surface area (Å²) in [6.45, 7) is 4.11. The highest BCUT2D eigenvalue weighted by Gasteiger charge is 2.27. The Hall–Kier alpha value is -1.44. The van der Waals surface area contributed by atoms with Crippen LogP contribution in [-0.4, -0.2) is 50.1 Å². The number of methoxy groups -OCH3 is 1. The van der Waals surface area contributed by atoms with Gasteiger partial charge in [-0.15, -0.1) is 0 Å². The number of carbonyl (C=O) groups is 1. The molecule has 0 bridgehead atoms. The van der Waals surface area contributed by atoms with E-state index in [-0.39, 0.29) is 16.5 Å². The van der Waals surface area contributed by atoms with Crippen LogP contribution >= 0.6 is 0 Å². The van der Waals surface area contributed by atoms with Gasteiger partial charge in [0.1, 0.15) is 0 Å². The average molecular weight is 301 g/mol. The van der Waals surface area contributed by atoms with Crippen molar-refractivity contribution < 1.29 is 23.1 Å². The molecule has 0 aliphatic rings. The molecule has 0 saturated carbocycles. The maximum Gasteiger partial charge on any atom is 0.335 e. The largest absolute Gasteiger partial charge is 0.478 e. The molecule has 0 spiro atoms. The van der Waals surface area contributed by atoms with E-state index in [9.17, 15) is 13.2 Å². The summed E-state index contributed by atoms with van der Waals surface area (Å²) < 4.78 is 31.3. The van der Waals surface area contributed by atoms with Gasteiger partial charge in [0.15, 0.2) is 0 Å². The van der Waals surface area contributed by atoms with E-state index >= 15 is 0 Å². The van der Waals surface area contributed by atoms with Crippen molar-refractivity contribution in [3.8, 4) is 0 Å². The molecule has 6 nitrogen and oxygen atoms in total. The number of nitrogens with zero attached hydrogens (tertiary/aromatic N) is 1. The van der Waals surface area contributed by atoms with E-state index < -0.39 is 16.0 Å². The number of rotatable bonds is 7. The lowest BCUT2D eigenvalue weighted by molar-refractivity contribution is 0.0696. The number of hydrogen-bond donors (Lipinski definition) is 1. The fraction of sp³-hybridized carbons (Fsp3) is 0.462. The van der Waals surface area contributed by atoms with Gasteiger partial charge in [-0.2, -0.15) is 4.31 Å². The molecule has 0 aliphatic carbocycles. The van der Waals surface area contributed by atoms with Gasteiger partial charge in [-0.25, -0.2) is 13.2 Å². The zero-order valence-corrected chi connectivity index (χ0v) is 12.6. The van der Waals surface area contributed by atoms with Crippen LogP contribution in [0.2, 0.25) is 0 Å². The Labute approximate surface area is 119 Å². The van der Waals surface area contributed by atoms with E-state index in [4.69, 9.17) is 9.84 Å². The lowest BCUT2D eigenvalue weighted by Gasteiger charge is -2.26. The Morgan fingerprint density at radius 3 is 2.30 bits per heavy atom. The van der Waals surface area contributed by atoms with Crippen LogP contribution in [0.15, 0.2) is 29.2 Å². The molecule has 0 aliphatic heterocycles. The summed E-state index contributed by atoms with van der Waals surface area (Å²) in [4.78, 5) is 10.8. The molecule has 0 saturated heterocycles. The molecule has 112 valence electrons. The molecule has 1 N–H and O–H groups in total. The Morgan fingerprint density at radius 1 is 1.35 bits per heavy atom. The number of aromatic carboxylic acids is 1. The maximum atomic E-state index is 12.5. The third-order valence-corrected chi connectivity index (χ3v) is 5.02. The SMILES string of the molecule is CCN([C@H](C)COC)S(=O)(=O)c1ccc(C(=O)O)cc1. The molecular weight excluding hydrogens is 282 g/mol. The van der Waals surface area contributed by atoms with E-state index in [1.807, 2.05) is 0 Å². The monoisotopic (exact) mass is 301 g/mol. The van der Waals surface area contributed by atoms with Crippen molar-refractivity contribution >= 4 is 16.0 Å². The van der Waals surface area contributed by atoms with Crippen LogP contribution in [0.25, 0.3) is 0 Å². The van der Waals surface area contributed by atoms with Crippen LogP contribution in [0.5, 0.6) is 0 Å². The summed E-state index contributed by atoms with van der Waals surface area (Å²) >= 11 is 0. The average Bonchev–Trinajstić information content (AvgIpc) is 2.39. The fourth-order valence-electron chi connectivity index (χ4n) is 1.95. The molecule has 1 aromatic carbocycles. The predicted octanol–water partition coefficient (Wildman–Crippen LogP) is 1.43. The number of carboxylic acids is 1. The van der Waals surface area contributed by atoms with Crippen LogP contribution in [-0.2, 0) is 14.8 Å². The minimum Gasteiger partial charge on any atom is -0.478 e. The lowest BCUT2D eigenvalue weighted by atomic mass is 10.2. The Bertz CT molecular complexity index is 553. The molecule has 0 unspecified atom stereocenters. The zero-order valence-electron chi connectivity index (χ0n) is 11.7. The van der Waals surface area contributed by atoms with E-state index in [1.54, 1.807) is 13.8 Å². The van der Waals surface area contributed by atoms with Crippen molar-refractivity contribution in [2.75, 3.05) is 20.3 Å². The van der Waals surface area contributed by atoms with E-state index in [0.717, 1.165) is 0 Å². The van der Waals surface area contributed by atoms with Crippen LogP contribution < -0.4 is 0 Å². The van der Waals surface area contributed by atoms with Gasteiger partial charge in [0.2, 0.25) is 10.0 Å². The van der Waals surface area contributed by atoms with Gasteiger partial charge in [-0.3, -0.25) is 0 Å². The predicted molar refractivity (Wildman–Crippen MR) is 74.3 cm³/mol. The first-order valence-electron chi connectivity index (χ1n) is 6.18. The molecule has 0 fully saturated rings. The minimum atomic E-state index is -3.65. The Balaban J connectivity index is 3.10. The molecule has 7 heteroatoms. The molecule has 1 atom stereocenters. The van der Waals surface area contributed by atoms with Gasteiger partial charge in [0.25, 0.3) is 0 Å². The molecule has 0 heterocycles. The quantitative estimate of drug-likeness (QED) is 0.823. The van der Waals surface area contributed by atoms with Gasteiger partial charge in [0.05, 0.1) is 17.1 Å². The fourth-order valence-corrected chi connectivity index (χ4v) is 3.57. The van der Waals surface area contributed by atoms with Crippen molar-refractivity contribution in [1.29, 1.82) is 0 Å². The van der Waals surface area contributed by atoms with Gasteiger partial charge in [-0.05, 0) is 31.2 Å². The zero-order chi connectivity index (χ0) is 15.3. The highest BCUT2D eigenvalue weighted by atomic mass is 32.2. The van der Waals surface area contributed by atoms with Crippen LogP contribution in [0.4, 0.5) is 0 Å². The van der Waals surface area contributed by atoms with Crippen LogP contribution in [0, 0.1) is 0 Å². The number of hydrogen-bond acceptors (Lipinski definition) is 4. The number of benzene rings is 1. The van der Waals surface area contributed by atoms with E-state index in [0.29, 0.717) is 13.2 Å². The molecule has 1 rings (SSSR count).